The first-order valence-electron chi connectivity index (χ1n) is 6.31. The molecule has 0 saturated heterocycles. The van der Waals surface area contributed by atoms with Crippen molar-refractivity contribution in [3.8, 4) is 0 Å². The molecule has 0 aliphatic rings. The molecule has 0 aromatic heterocycles. The summed E-state index contributed by atoms with van der Waals surface area (Å²) in [5.74, 6) is -1.64. The first-order chi connectivity index (χ1) is 9.79. The number of nitro benzene ring substituents is 1. The van der Waals surface area contributed by atoms with Gasteiger partial charge < -0.3 is 15.3 Å². The van der Waals surface area contributed by atoms with Crippen LogP contribution in [-0.2, 0) is 4.79 Å². The predicted molar refractivity (Wildman–Crippen MR) is 76.5 cm³/mol. The molecule has 0 spiro atoms. The van der Waals surface area contributed by atoms with E-state index in [1.807, 2.05) is 0 Å². The summed E-state index contributed by atoms with van der Waals surface area (Å²) in [4.78, 5) is 34.8. The molecule has 8 heteroatoms. The van der Waals surface area contributed by atoms with Crippen LogP contribution in [0.15, 0.2) is 18.2 Å². The Balaban J connectivity index is 3.14. The SMILES string of the molecule is CCN(C)C(=O)C(C)Nc1cccc(C(=O)O)c1[N+](=O)[O-]. The molecule has 114 valence electrons. The molecular formula is C13H17N3O5. The van der Waals surface area contributed by atoms with Crippen molar-refractivity contribution in [2.75, 3.05) is 18.9 Å². The van der Waals surface area contributed by atoms with Crippen molar-refractivity contribution >= 4 is 23.3 Å². The molecule has 1 amide bonds. The van der Waals surface area contributed by atoms with Crippen molar-refractivity contribution in [3.63, 3.8) is 0 Å². The van der Waals surface area contributed by atoms with Crippen molar-refractivity contribution < 1.29 is 19.6 Å². The summed E-state index contributed by atoms with van der Waals surface area (Å²) in [6.07, 6.45) is 0. The van der Waals surface area contributed by atoms with E-state index in [-0.39, 0.29) is 11.6 Å². The summed E-state index contributed by atoms with van der Waals surface area (Å²) in [6, 6.07) is 3.20. The molecule has 0 aliphatic heterocycles. The van der Waals surface area contributed by atoms with E-state index in [0.717, 1.165) is 6.07 Å². The van der Waals surface area contributed by atoms with Gasteiger partial charge in [-0.1, -0.05) is 6.07 Å². The van der Waals surface area contributed by atoms with E-state index >= 15 is 0 Å². The number of carboxylic acid groups (broad SMARTS) is 1. The second-order valence-corrected chi connectivity index (χ2v) is 4.48. The lowest BCUT2D eigenvalue weighted by molar-refractivity contribution is -0.384. The summed E-state index contributed by atoms with van der Waals surface area (Å²) >= 11 is 0. The van der Waals surface area contributed by atoms with Crippen LogP contribution >= 0.6 is 0 Å². The van der Waals surface area contributed by atoms with Crippen LogP contribution in [0.4, 0.5) is 11.4 Å². The number of amides is 1. The highest BCUT2D eigenvalue weighted by Gasteiger charge is 2.26. The average molecular weight is 295 g/mol. The molecule has 1 atom stereocenters. The molecule has 0 radical (unpaired) electrons. The van der Waals surface area contributed by atoms with Gasteiger partial charge in [-0.3, -0.25) is 14.9 Å². The highest BCUT2D eigenvalue weighted by atomic mass is 16.6. The number of aromatic carboxylic acids is 1. The first kappa shape index (κ1) is 16.4. The van der Waals surface area contributed by atoms with E-state index in [1.165, 1.54) is 17.0 Å². The zero-order chi connectivity index (χ0) is 16.2. The number of hydrogen-bond acceptors (Lipinski definition) is 5. The lowest BCUT2D eigenvalue weighted by atomic mass is 10.1. The quantitative estimate of drug-likeness (QED) is 0.608. The number of nitro groups is 1. The van der Waals surface area contributed by atoms with E-state index in [2.05, 4.69) is 5.32 Å². The molecule has 1 aromatic rings. The standard InChI is InChI=1S/C13H17N3O5/c1-4-15(3)12(17)8(2)14-10-7-5-6-9(13(18)19)11(10)16(20)21/h5-8,14H,4H2,1-3H3,(H,18,19). The van der Waals surface area contributed by atoms with Crippen molar-refractivity contribution in [2.45, 2.75) is 19.9 Å². The summed E-state index contributed by atoms with van der Waals surface area (Å²) in [5, 5.41) is 22.8. The Morgan fingerprint density at radius 1 is 1.48 bits per heavy atom. The third-order valence-electron chi connectivity index (χ3n) is 3.04. The number of anilines is 1. The number of nitrogens with one attached hydrogen (secondary N) is 1. The monoisotopic (exact) mass is 295 g/mol. The number of hydrogen-bond donors (Lipinski definition) is 2. The molecule has 0 bridgehead atoms. The summed E-state index contributed by atoms with van der Waals surface area (Å²) < 4.78 is 0. The van der Waals surface area contributed by atoms with Crippen LogP contribution in [0.25, 0.3) is 0 Å². The van der Waals surface area contributed by atoms with Crippen molar-refractivity contribution in [2.24, 2.45) is 0 Å². The van der Waals surface area contributed by atoms with Gasteiger partial charge in [0, 0.05) is 13.6 Å². The Hall–Kier alpha value is -2.64. The number of benzene rings is 1. The normalized spacial score (nSPS) is 11.6. The number of nitrogens with zero attached hydrogens (tertiary/aromatic N) is 2. The number of para-hydroxylation sites is 1. The Morgan fingerprint density at radius 2 is 2.10 bits per heavy atom. The highest BCUT2D eigenvalue weighted by Crippen LogP contribution is 2.29. The number of carbonyl (C=O) groups is 2. The van der Waals surface area contributed by atoms with Gasteiger partial charge in [0.05, 0.1) is 4.92 Å². The van der Waals surface area contributed by atoms with Gasteiger partial charge in [-0.05, 0) is 26.0 Å². The Labute approximate surface area is 121 Å². The maximum Gasteiger partial charge on any atom is 0.342 e. The Bertz CT molecular complexity index is 573. The van der Waals surface area contributed by atoms with Crippen LogP contribution in [0, 0.1) is 10.1 Å². The van der Waals surface area contributed by atoms with Gasteiger partial charge in [0.1, 0.15) is 17.3 Å². The van der Waals surface area contributed by atoms with Gasteiger partial charge in [0.2, 0.25) is 5.91 Å². The van der Waals surface area contributed by atoms with Crippen LogP contribution in [0.1, 0.15) is 24.2 Å². The summed E-state index contributed by atoms with van der Waals surface area (Å²) in [7, 11) is 1.61. The third kappa shape index (κ3) is 3.68. The zero-order valence-electron chi connectivity index (χ0n) is 12.0. The van der Waals surface area contributed by atoms with Crippen molar-refractivity contribution in [1.29, 1.82) is 0 Å². The molecule has 0 aliphatic carbocycles. The van der Waals surface area contributed by atoms with E-state index in [4.69, 9.17) is 5.11 Å². The van der Waals surface area contributed by atoms with Crippen LogP contribution in [0.5, 0.6) is 0 Å². The maximum absolute atomic E-state index is 12.0. The molecule has 1 unspecified atom stereocenters. The highest BCUT2D eigenvalue weighted by molar-refractivity contribution is 5.96. The fourth-order valence-corrected chi connectivity index (χ4v) is 1.81. The van der Waals surface area contributed by atoms with Gasteiger partial charge in [-0.25, -0.2) is 4.79 Å². The second-order valence-electron chi connectivity index (χ2n) is 4.48. The minimum Gasteiger partial charge on any atom is -0.477 e. The van der Waals surface area contributed by atoms with Crippen LogP contribution in [0.3, 0.4) is 0 Å². The number of rotatable bonds is 6. The first-order valence-corrected chi connectivity index (χ1v) is 6.31. The molecular weight excluding hydrogens is 278 g/mol. The molecule has 8 nitrogen and oxygen atoms in total. The van der Waals surface area contributed by atoms with E-state index in [1.54, 1.807) is 20.9 Å². The van der Waals surface area contributed by atoms with Gasteiger partial charge in [-0.2, -0.15) is 0 Å². The zero-order valence-corrected chi connectivity index (χ0v) is 12.0. The number of likely N-dealkylation sites (N-methyl/N-ethyl adjacent to an activating group) is 1. The van der Waals surface area contributed by atoms with Gasteiger partial charge in [0.25, 0.3) is 0 Å². The van der Waals surface area contributed by atoms with Gasteiger partial charge >= 0.3 is 11.7 Å². The number of carboxylic acids is 1. The van der Waals surface area contributed by atoms with Crippen LogP contribution in [-0.4, -0.2) is 46.4 Å². The topological polar surface area (TPSA) is 113 Å². The molecule has 0 fully saturated rings. The largest absolute Gasteiger partial charge is 0.477 e. The molecule has 1 aromatic carbocycles. The number of carbonyl (C=O) groups excluding carboxylic acids is 1. The third-order valence-corrected chi connectivity index (χ3v) is 3.04. The van der Waals surface area contributed by atoms with Crippen LogP contribution in [0.2, 0.25) is 0 Å². The minimum atomic E-state index is -1.39. The minimum absolute atomic E-state index is 0.00486. The van der Waals surface area contributed by atoms with Gasteiger partial charge in [0.15, 0.2) is 0 Å². The van der Waals surface area contributed by atoms with Gasteiger partial charge in [-0.15, -0.1) is 0 Å². The Kier molecular flexibility index (Phi) is 5.23. The molecule has 21 heavy (non-hydrogen) atoms. The van der Waals surface area contributed by atoms with E-state index in [9.17, 15) is 19.7 Å². The molecule has 0 heterocycles. The van der Waals surface area contributed by atoms with Crippen molar-refractivity contribution in [1.82, 2.24) is 4.90 Å². The second kappa shape index (κ2) is 6.69. The van der Waals surface area contributed by atoms with Crippen molar-refractivity contribution in [3.05, 3.63) is 33.9 Å². The van der Waals surface area contributed by atoms with E-state index in [0.29, 0.717) is 6.54 Å². The Morgan fingerprint density at radius 3 is 2.57 bits per heavy atom. The lowest BCUT2D eigenvalue weighted by Gasteiger charge is -2.21. The average Bonchev–Trinajstić information content (AvgIpc) is 2.44. The smallest absolute Gasteiger partial charge is 0.342 e. The van der Waals surface area contributed by atoms with E-state index < -0.39 is 28.2 Å². The lowest BCUT2D eigenvalue weighted by Crippen LogP contribution is -2.39. The molecule has 2 N–H and O–H groups in total. The summed E-state index contributed by atoms with van der Waals surface area (Å²) in [6.45, 7) is 3.87. The molecule has 1 rings (SSSR count). The predicted octanol–water partition coefficient (Wildman–Crippen LogP) is 1.57. The molecule has 0 saturated carbocycles. The maximum atomic E-state index is 12.0. The summed E-state index contributed by atoms with van der Waals surface area (Å²) in [5.41, 5.74) is -0.970. The van der Waals surface area contributed by atoms with Crippen LogP contribution < -0.4 is 5.32 Å². The fraction of sp³-hybridized carbons (Fsp3) is 0.385. The fourth-order valence-electron chi connectivity index (χ4n) is 1.81.